The van der Waals surface area contributed by atoms with Crippen LogP contribution in [0.5, 0.6) is 5.75 Å². The molecule has 4 nitrogen and oxygen atoms in total. The van der Waals surface area contributed by atoms with Crippen LogP contribution in [0.15, 0.2) is 54.6 Å². The number of hydrogen-bond acceptors (Lipinski definition) is 3. The first-order valence-electron chi connectivity index (χ1n) is 10.1. The fourth-order valence-corrected chi connectivity index (χ4v) is 3.74. The number of ether oxygens (including phenoxy) is 1. The number of thiocarbonyl (C=S) groups is 1. The van der Waals surface area contributed by atoms with Crippen LogP contribution in [-0.4, -0.2) is 23.7 Å². The standard InChI is InChI=1S/C23H28N2O2S/c26-22(25-23(28)24-20-12-6-1-2-7-13-20)19-11-8-14-21(17-19)27-16-15-18-9-4-3-5-10-18/h3-5,8-11,14,17,20H,1-2,6-7,12-13,15-16H2,(H2,24,25,26,28). The normalized spacial score (nSPS) is 14.7. The van der Waals surface area contributed by atoms with Gasteiger partial charge in [0.15, 0.2) is 5.11 Å². The lowest BCUT2D eigenvalue weighted by Crippen LogP contribution is -2.44. The Morgan fingerprint density at radius 1 is 1.00 bits per heavy atom. The van der Waals surface area contributed by atoms with Crippen molar-refractivity contribution in [3.05, 3.63) is 65.7 Å². The van der Waals surface area contributed by atoms with Gasteiger partial charge in [-0.3, -0.25) is 10.1 Å². The number of carbonyl (C=O) groups excluding carboxylic acids is 1. The smallest absolute Gasteiger partial charge is 0.257 e. The van der Waals surface area contributed by atoms with E-state index >= 15 is 0 Å². The molecule has 3 rings (SSSR count). The van der Waals surface area contributed by atoms with Crippen LogP contribution >= 0.6 is 12.2 Å². The molecule has 2 aromatic carbocycles. The lowest BCUT2D eigenvalue weighted by Gasteiger charge is -2.18. The molecule has 1 amide bonds. The van der Waals surface area contributed by atoms with Gasteiger partial charge >= 0.3 is 0 Å². The minimum absolute atomic E-state index is 0.209. The number of rotatable bonds is 6. The molecule has 0 unspecified atom stereocenters. The third-order valence-electron chi connectivity index (χ3n) is 5.02. The van der Waals surface area contributed by atoms with Gasteiger partial charge in [0.1, 0.15) is 5.75 Å². The number of carbonyl (C=O) groups is 1. The summed E-state index contributed by atoms with van der Waals surface area (Å²) in [6.07, 6.45) is 8.06. The summed E-state index contributed by atoms with van der Waals surface area (Å²) in [5, 5.41) is 6.50. The van der Waals surface area contributed by atoms with Gasteiger partial charge < -0.3 is 10.1 Å². The van der Waals surface area contributed by atoms with Crippen molar-refractivity contribution in [2.45, 2.75) is 51.0 Å². The molecule has 2 aromatic rings. The first-order valence-corrected chi connectivity index (χ1v) is 10.5. The summed E-state index contributed by atoms with van der Waals surface area (Å²) in [4.78, 5) is 12.5. The summed E-state index contributed by atoms with van der Waals surface area (Å²) in [5.74, 6) is 0.478. The first-order chi connectivity index (χ1) is 13.7. The Labute approximate surface area is 172 Å². The number of hydrogen-bond donors (Lipinski definition) is 2. The Morgan fingerprint density at radius 2 is 1.75 bits per heavy atom. The molecule has 1 aliphatic rings. The highest BCUT2D eigenvalue weighted by Crippen LogP contribution is 2.17. The van der Waals surface area contributed by atoms with Gasteiger partial charge in [-0.2, -0.15) is 0 Å². The zero-order valence-corrected chi connectivity index (χ0v) is 17.0. The molecule has 28 heavy (non-hydrogen) atoms. The van der Waals surface area contributed by atoms with Crippen LogP contribution in [0.25, 0.3) is 0 Å². The van der Waals surface area contributed by atoms with Crippen LogP contribution < -0.4 is 15.4 Å². The summed E-state index contributed by atoms with van der Waals surface area (Å²) in [7, 11) is 0. The first kappa shape index (κ1) is 20.3. The van der Waals surface area contributed by atoms with Gasteiger partial charge in [0.2, 0.25) is 0 Å². The molecule has 0 atom stereocenters. The second kappa shape index (κ2) is 10.8. The van der Waals surface area contributed by atoms with E-state index in [2.05, 4.69) is 22.8 Å². The Balaban J connectivity index is 1.48. The predicted octanol–water partition coefficient (Wildman–Crippen LogP) is 4.64. The maximum absolute atomic E-state index is 12.5. The summed E-state index contributed by atoms with van der Waals surface area (Å²) >= 11 is 5.34. The van der Waals surface area contributed by atoms with E-state index < -0.39 is 0 Å². The van der Waals surface area contributed by atoms with Crippen molar-refractivity contribution >= 4 is 23.2 Å². The Morgan fingerprint density at radius 3 is 2.50 bits per heavy atom. The second-order valence-corrected chi connectivity index (χ2v) is 7.64. The predicted molar refractivity (Wildman–Crippen MR) is 117 cm³/mol. The number of nitrogens with one attached hydrogen (secondary N) is 2. The maximum atomic E-state index is 12.5. The molecule has 0 aromatic heterocycles. The monoisotopic (exact) mass is 396 g/mol. The third-order valence-corrected chi connectivity index (χ3v) is 5.24. The fourth-order valence-electron chi connectivity index (χ4n) is 3.48. The van der Waals surface area contributed by atoms with Gasteiger partial charge in [-0.15, -0.1) is 0 Å². The quantitative estimate of drug-likeness (QED) is 0.552. The lowest BCUT2D eigenvalue weighted by atomic mass is 10.1. The van der Waals surface area contributed by atoms with Gasteiger partial charge in [-0.05, 0) is 48.8 Å². The van der Waals surface area contributed by atoms with Crippen molar-refractivity contribution < 1.29 is 9.53 Å². The van der Waals surface area contributed by atoms with Gasteiger partial charge in [0.05, 0.1) is 6.61 Å². The molecule has 0 radical (unpaired) electrons. The molecule has 1 saturated carbocycles. The SMILES string of the molecule is O=C(NC(=S)NC1CCCCCC1)c1cccc(OCCc2ccccc2)c1. The summed E-state index contributed by atoms with van der Waals surface area (Å²) in [6.45, 7) is 0.566. The molecule has 148 valence electrons. The molecular formula is C23H28N2O2S. The van der Waals surface area contributed by atoms with E-state index in [0.29, 0.717) is 29.1 Å². The van der Waals surface area contributed by atoms with E-state index in [4.69, 9.17) is 17.0 Å². The Hall–Kier alpha value is -2.40. The molecule has 0 heterocycles. The minimum atomic E-state index is -0.209. The summed E-state index contributed by atoms with van der Waals surface area (Å²) in [5.41, 5.74) is 1.77. The Kier molecular flexibility index (Phi) is 7.85. The highest BCUT2D eigenvalue weighted by atomic mass is 32.1. The summed E-state index contributed by atoms with van der Waals surface area (Å²) < 4.78 is 5.81. The van der Waals surface area contributed by atoms with E-state index in [1.54, 1.807) is 12.1 Å². The molecule has 0 bridgehead atoms. The number of amides is 1. The van der Waals surface area contributed by atoms with Crippen molar-refractivity contribution in [2.75, 3.05) is 6.61 Å². The van der Waals surface area contributed by atoms with Crippen LogP contribution in [0.3, 0.4) is 0 Å². The zero-order valence-electron chi connectivity index (χ0n) is 16.2. The second-order valence-electron chi connectivity index (χ2n) is 7.23. The molecule has 1 fully saturated rings. The van der Waals surface area contributed by atoms with E-state index in [-0.39, 0.29) is 5.91 Å². The van der Waals surface area contributed by atoms with E-state index in [0.717, 1.165) is 19.3 Å². The van der Waals surface area contributed by atoms with E-state index in [1.165, 1.54) is 31.2 Å². The molecule has 1 aliphatic carbocycles. The third kappa shape index (κ3) is 6.64. The van der Waals surface area contributed by atoms with Gasteiger partial charge in [0, 0.05) is 18.0 Å². The van der Waals surface area contributed by atoms with Crippen LogP contribution in [-0.2, 0) is 6.42 Å². The molecule has 2 N–H and O–H groups in total. The molecule has 0 aliphatic heterocycles. The number of benzene rings is 2. The molecule has 0 saturated heterocycles. The van der Waals surface area contributed by atoms with Gasteiger partial charge in [-0.1, -0.05) is 62.1 Å². The van der Waals surface area contributed by atoms with Crippen molar-refractivity contribution in [3.63, 3.8) is 0 Å². The molecular weight excluding hydrogens is 368 g/mol. The van der Waals surface area contributed by atoms with Crippen LogP contribution in [0.4, 0.5) is 0 Å². The fraction of sp³-hybridized carbons (Fsp3) is 0.391. The maximum Gasteiger partial charge on any atom is 0.257 e. The van der Waals surface area contributed by atoms with E-state index in [1.807, 2.05) is 30.3 Å². The average Bonchev–Trinajstić information content (AvgIpc) is 2.97. The van der Waals surface area contributed by atoms with Crippen molar-refractivity contribution in [1.82, 2.24) is 10.6 Å². The Bertz CT molecular complexity index is 771. The largest absolute Gasteiger partial charge is 0.493 e. The highest BCUT2D eigenvalue weighted by Gasteiger charge is 2.15. The van der Waals surface area contributed by atoms with Crippen molar-refractivity contribution in [1.29, 1.82) is 0 Å². The van der Waals surface area contributed by atoms with E-state index in [9.17, 15) is 4.79 Å². The lowest BCUT2D eigenvalue weighted by molar-refractivity contribution is 0.0976. The molecule has 5 heteroatoms. The molecule has 0 spiro atoms. The topological polar surface area (TPSA) is 50.4 Å². The van der Waals surface area contributed by atoms with Crippen molar-refractivity contribution in [3.8, 4) is 5.75 Å². The average molecular weight is 397 g/mol. The summed E-state index contributed by atoms with van der Waals surface area (Å²) in [6, 6.07) is 17.8. The minimum Gasteiger partial charge on any atom is -0.493 e. The van der Waals surface area contributed by atoms with Crippen LogP contribution in [0, 0.1) is 0 Å². The van der Waals surface area contributed by atoms with Crippen molar-refractivity contribution in [2.24, 2.45) is 0 Å². The van der Waals surface area contributed by atoms with Crippen LogP contribution in [0.1, 0.15) is 54.4 Å². The van der Waals surface area contributed by atoms with Gasteiger partial charge in [-0.25, -0.2) is 0 Å². The zero-order chi connectivity index (χ0) is 19.6. The van der Waals surface area contributed by atoms with Gasteiger partial charge in [0.25, 0.3) is 5.91 Å². The van der Waals surface area contributed by atoms with Crippen LogP contribution in [0.2, 0.25) is 0 Å². The highest BCUT2D eigenvalue weighted by molar-refractivity contribution is 7.80.